The van der Waals surface area contributed by atoms with E-state index in [-0.39, 0.29) is 29.2 Å². The van der Waals surface area contributed by atoms with Gasteiger partial charge in [-0.15, -0.1) is 0 Å². The number of carbonyl (C=O) groups excluding carboxylic acids is 1. The van der Waals surface area contributed by atoms with Crippen molar-refractivity contribution in [2.45, 2.75) is 26.4 Å². The monoisotopic (exact) mass is 356 g/mol. The summed E-state index contributed by atoms with van der Waals surface area (Å²) < 4.78 is 0. The van der Waals surface area contributed by atoms with E-state index < -0.39 is 0 Å². The average Bonchev–Trinajstić information content (AvgIpc) is 2.59. The number of benzene rings is 1. The van der Waals surface area contributed by atoms with Crippen LogP contribution < -0.4 is 5.56 Å². The first-order valence-corrected chi connectivity index (χ1v) is 8.24. The molecule has 0 bridgehead atoms. The molecule has 0 atom stereocenters. The van der Waals surface area contributed by atoms with Gasteiger partial charge in [-0.2, -0.15) is 0 Å². The Morgan fingerprint density at radius 1 is 1.28 bits per heavy atom. The minimum atomic E-state index is -0.219. The molecule has 2 aromatic heterocycles. The molecule has 0 fully saturated rings. The minimum absolute atomic E-state index is 0.0868. The first-order chi connectivity index (χ1) is 12.0. The summed E-state index contributed by atoms with van der Waals surface area (Å²) in [5.74, 6) is 0.237. The Morgan fingerprint density at radius 2 is 2.04 bits per heavy atom. The number of fused-ring (bicyclic) bond motifs is 1. The second-order valence-electron chi connectivity index (χ2n) is 5.92. The number of carbonyl (C=O) groups is 1. The van der Waals surface area contributed by atoms with Crippen LogP contribution >= 0.6 is 11.6 Å². The molecule has 0 spiro atoms. The molecule has 25 heavy (non-hydrogen) atoms. The lowest BCUT2D eigenvalue weighted by Gasteiger charge is -2.26. The summed E-state index contributed by atoms with van der Waals surface area (Å²) in [5.41, 5.74) is 0.824. The third-order valence-electron chi connectivity index (χ3n) is 3.84. The number of hydrogen-bond donors (Lipinski definition) is 1. The maximum absolute atomic E-state index is 12.8. The Hall–Kier alpha value is -2.73. The Balaban J connectivity index is 1.95. The molecule has 6 nitrogen and oxygen atoms in total. The first kappa shape index (κ1) is 17.1. The highest BCUT2D eigenvalue weighted by Gasteiger charge is 2.21. The highest BCUT2D eigenvalue weighted by atomic mass is 35.5. The van der Waals surface area contributed by atoms with Gasteiger partial charge in [0.1, 0.15) is 11.0 Å². The van der Waals surface area contributed by atoms with Crippen molar-refractivity contribution in [3.05, 3.63) is 69.5 Å². The van der Waals surface area contributed by atoms with E-state index in [9.17, 15) is 9.59 Å². The normalized spacial score (nSPS) is 11.0. The summed E-state index contributed by atoms with van der Waals surface area (Å²) in [6, 6.07) is 10.2. The van der Waals surface area contributed by atoms with Crippen molar-refractivity contribution in [2.75, 3.05) is 0 Å². The molecule has 3 rings (SSSR count). The Morgan fingerprint density at radius 3 is 2.76 bits per heavy atom. The SMILES string of the molecule is CC(C)N(Cc1nc2ccccc2c(=O)[nH]1)C(=O)c1ccnc(Cl)c1. The van der Waals surface area contributed by atoms with Gasteiger partial charge in [-0.1, -0.05) is 23.7 Å². The molecule has 1 amide bonds. The summed E-state index contributed by atoms with van der Waals surface area (Å²) in [6.45, 7) is 4.00. The molecule has 0 aliphatic heterocycles. The van der Waals surface area contributed by atoms with Crippen LogP contribution in [0.15, 0.2) is 47.4 Å². The third-order valence-corrected chi connectivity index (χ3v) is 4.05. The van der Waals surface area contributed by atoms with Crippen molar-refractivity contribution in [1.82, 2.24) is 19.9 Å². The molecule has 0 saturated heterocycles. The molecule has 0 aliphatic carbocycles. The van der Waals surface area contributed by atoms with Gasteiger partial charge in [0.05, 0.1) is 17.4 Å². The van der Waals surface area contributed by atoms with E-state index in [4.69, 9.17) is 11.6 Å². The largest absolute Gasteiger partial charge is 0.329 e. The number of nitrogens with one attached hydrogen (secondary N) is 1. The van der Waals surface area contributed by atoms with E-state index >= 15 is 0 Å². The standard InChI is InChI=1S/C18H17ClN4O2/c1-11(2)23(18(25)12-7-8-20-15(19)9-12)10-16-21-14-6-4-3-5-13(14)17(24)22-16/h3-9,11H,10H2,1-2H3,(H,21,22,24). The fourth-order valence-electron chi connectivity index (χ4n) is 2.56. The summed E-state index contributed by atoms with van der Waals surface area (Å²) in [4.78, 5) is 37.8. The average molecular weight is 357 g/mol. The van der Waals surface area contributed by atoms with Gasteiger partial charge in [-0.3, -0.25) is 9.59 Å². The van der Waals surface area contributed by atoms with Crippen LogP contribution in [0.4, 0.5) is 0 Å². The van der Waals surface area contributed by atoms with E-state index in [1.54, 1.807) is 29.2 Å². The number of halogens is 1. The van der Waals surface area contributed by atoms with E-state index in [1.165, 1.54) is 12.3 Å². The van der Waals surface area contributed by atoms with Crippen LogP contribution in [0.3, 0.4) is 0 Å². The van der Waals surface area contributed by atoms with Gasteiger partial charge in [-0.25, -0.2) is 9.97 Å². The maximum atomic E-state index is 12.8. The van der Waals surface area contributed by atoms with Crippen LogP contribution in [0.25, 0.3) is 10.9 Å². The number of aromatic nitrogens is 3. The Bertz CT molecular complexity index is 984. The zero-order valence-corrected chi connectivity index (χ0v) is 14.6. The van der Waals surface area contributed by atoms with Gasteiger partial charge < -0.3 is 9.88 Å². The van der Waals surface area contributed by atoms with Crippen LogP contribution in [0.5, 0.6) is 0 Å². The molecular weight excluding hydrogens is 340 g/mol. The number of amides is 1. The number of hydrogen-bond acceptors (Lipinski definition) is 4. The van der Waals surface area contributed by atoms with Gasteiger partial charge in [0, 0.05) is 17.8 Å². The van der Waals surface area contributed by atoms with Crippen molar-refractivity contribution in [3.63, 3.8) is 0 Å². The van der Waals surface area contributed by atoms with Gasteiger partial charge >= 0.3 is 0 Å². The highest BCUT2D eigenvalue weighted by Crippen LogP contribution is 2.15. The summed E-state index contributed by atoms with van der Waals surface area (Å²) >= 11 is 5.88. The molecule has 3 aromatic rings. The molecule has 0 aliphatic rings. The smallest absolute Gasteiger partial charge is 0.258 e. The quantitative estimate of drug-likeness (QED) is 0.729. The number of pyridine rings is 1. The first-order valence-electron chi connectivity index (χ1n) is 7.86. The number of nitrogens with zero attached hydrogens (tertiary/aromatic N) is 3. The van der Waals surface area contributed by atoms with E-state index in [2.05, 4.69) is 15.0 Å². The highest BCUT2D eigenvalue weighted by molar-refractivity contribution is 6.29. The Kier molecular flexibility index (Phi) is 4.81. The van der Waals surface area contributed by atoms with Crippen molar-refractivity contribution < 1.29 is 4.79 Å². The second kappa shape index (κ2) is 7.03. The summed E-state index contributed by atoms with van der Waals surface area (Å²) in [5, 5.41) is 0.779. The zero-order valence-electron chi connectivity index (χ0n) is 13.9. The van der Waals surface area contributed by atoms with Crippen molar-refractivity contribution in [1.29, 1.82) is 0 Å². The summed E-state index contributed by atoms with van der Waals surface area (Å²) in [6.07, 6.45) is 1.49. The third kappa shape index (κ3) is 3.69. The molecule has 1 aromatic carbocycles. The van der Waals surface area contributed by atoms with E-state index in [0.29, 0.717) is 22.3 Å². The number of para-hydroxylation sites is 1. The van der Waals surface area contributed by atoms with Crippen LogP contribution in [0, 0.1) is 0 Å². The Labute approximate surface area is 149 Å². The van der Waals surface area contributed by atoms with Crippen LogP contribution in [-0.2, 0) is 6.54 Å². The predicted octanol–water partition coefficient (Wildman–Crippen LogP) is 3.02. The molecule has 0 unspecified atom stereocenters. The van der Waals surface area contributed by atoms with Crippen LogP contribution in [-0.4, -0.2) is 31.8 Å². The number of H-pyrrole nitrogens is 1. The molecule has 7 heteroatoms. The predicted molar refractivity (Wildman–Crippen MR) is 96.6 cm³/mol. The van der Waals surface area contributed by atoms with E-state index in [0.717, 1.165) is 0 Å². The fraction of sp³-hybridized carbons (Fsp3) is 0.222. The maximum Gasteiger partial charge on any atom is 0.258 e. The molecular formula is C18H17ClN4O2. The molecule has 2 heterocycles. The number of rotatable bonds is 4. The van der Waals surface area contributed by atoms with Crippen molar-refractivity contribution in [3.8, 4) is 0 Å². The second-order valence-corrected chi connectivity index (χ2v) is 6.31. The fourth-order valence-corrected chi connectivity index (χ4v) is 2.74. The van der Waals surface area contributed by atoms with Crippen LogP contribution in [0.2, 0.25) is 5.15 Å². The minimum Gasteiger partial charge on any atom is -0.329 e. The topological polar surface area (TPSA) is 79.0 Å². The molecule has 1 N–H and O–H groups in total. The van der Waals surface area contributed by atoms with Gasteiger partial charge in [-0.05, 0) is 38.1 Å². The lowest BCUT2D eigenvalue weighted by atomic mass is 10.2. The zero-order chi connectivity index (χ0) is 18.0. The van der Waals surface area contributed by atoms with Gasteiger partial charge in [0.15, 0.2) is 0 Å². The van der Waals surface area contributed by atoms with E-state index in [1.807, 2.05) is 19.9 Å². The summed E-state index contributed by atoms with van der Waals surface area (Å²) in [7, 11) is 0. The van der Waals surface area contributed by atoms with Crippen molar-refractivity contribution >= 4 is 28.4 Å². The van der Waals surface area contributed by atoms with Crippen LogP contribution in [0.1, 0.15) is 30.0 Å². The molecule has 128 valence electrons. The molecule has 0 saturated carbocycles. The van der Waals surface area contributed by atoms with Gasteiger partial charge in [0.2, 0.25) is 0 Å². The van der Waals surface area contributed by atoms with Crippen molar-refractivity contribution in [2.24, 2.45) is 0 Å². The van der Waals surface area contributed by atoms with Gasteiger partial charge in [0.25, 0.3) is 11.5 Å². The number of aromatic amines is 1. The molecule has 0 radical (unpaired) electrons. The lowest BCUT2D eigenvalue weighted by Crippen LogP contribution is -2.37. The lowest BCUT2D eigenvalue weighted by molar-refractivity contribution is 0.0685.